The second-order valence-electron chi connectivity index (χ2n) is 2.66. The predicted molar refractivity (Wildman–Crippen MR) is 55.1 cm³/mol. The van der Waals surface area contributed by atoms with Gasteiger partial charge in [0.05, 0.1) is 11.2 Å². The molecule has 66 valence electrons. The quantitative estimate of drug-likeness (QED) is 0.824. The molecule has 0 aliphatic heterocycles. The smallest absolute Gasteiger partial charge is 0.116 e. The number of nitrogens with two attached hydrogens (primary N) is 1. The third kappa shape index (κ3) is 1.43. The standard InChI is InChI=1S/C9H8BrN3/c10-7-3-1-2-6-8(4-11)12-5-13-9(6)7/h1-3,5H,4,11H2. The van der Waals surface area contributed by atoms with E-state index < -0.39 is 0 Å². The summed E-state index contributed by atoms with van der Waals surface area (Å²) in [6.45, 7) is 0.440. The van der Waals surface area contributed by atoms with Gasteiger partial charge < -0.3 is 5.73 Å². The van der Waals surface area contributed by atoms with Crippen LogP contribution in [0, 0.1) is 0 Å². The summed E-state index contributed by atoms with van der Waals surface area (Å²) in [5.74, 6) is 0. The highest BCUT2D eigenvalue weighted by Crippen LogP contribution is 2.22. The minimum atomic E-state index is 0.440. The van der Waals surface area contributed by atoms with Crippen LogP contribution < -0.4 is 5.73 Å². The van der Waals surface area contributed by atoms with Crippen molar-refractivity contribution < 1.29 is 0 Å². The summed E-state index contributed by atoms with van der Waals surface area (Å²) in [4.78, 5) is 8.29. The first kappa shape index (κ1) is 8.59. The summed E-state index contributed by atoms with van der Waals surface area (Å²) in [5.41, 5.74) is 7.36. The fraction of sp³-hybridized carbons (Fsp3) is 0.111. The van der Waals surface area contributed by atoms with E-state index in [2.05, 4.69) is 25.9 Å². The van der Waals surface area contributed by atoms with Crippen LogP contribution >= 0.6 is 15.9 Å². The van der Waals surface area contributed by atoms with E-state index in [1.54, 1.807) is 0 Å². The lowest BCUT2D eigenvalue weighted by Gasteiger charge is -2.02. The van der Waals surface area contributed by atoms with E-state index in [1.165, 1.54) is 6.33 Å². The van der Waals surface area contributed by atoms with E-state index in [-0.39, 0.29) is 0 Å². The first-order valence-electron chi connectivity index (χ1n) is 3.91. The van der Waals surface area contributed by atoms with Crippen molar-refractivity contribution in [3.05, 3.63) is 34.7 Å². The van der Waals surface area contributed by atoms with Crippen molar-refractivity contribution in [2.24, 2.45) is 5.73 Å². The van der Waals surface area contributed by atoms with E-state index in [0.717, 1.165) is 21.1 Å². The SMILES string of the molecule is NCc1ncnc2c(Br)cccc12. The van der Waals surface area contributed by atoms with Gasteiger partial charge in [-0.05, 0) is 22.0 Å². The zero-order chi connectivity index (χ0) is 9.26. The van der Waals surface area contributed by atoms with Crippen molar-refractivity contribution in [1.82, 2.24) is 9.97 Å². The van der Waals surface area contributed by atoms with Gasteiger partial charge in [0.1, 0.15) is 6.33 Å². The van der Waals surface area contributed by atoms with Gasteiger partial charge in [-0.2, -0.15) is 0 Å². The Morgan fingerprint density at radius 1 is 1.31 bits per heavy atom. The minimum absolute atomic E-state index is 0.440. The number of aromatic nitrogens is 2. The molecule has 1 aromatic carbocycles. The van der Waals surface area contributed by atoms with Gasteiger partial charge in [-0.1, -0.05) is 12.1 Å². The molecule has 0 spiro atoms. The van der Waals surface area contributed by atoms with Crippen LogP contribution in [0.1, 0.15) is 5.69 Å². The summed E-state index contributed by atoms with van der Waals surface area (Å²) in [6.07, 6.45) is 1.54. The van der Waals surface area contributed by atoms with Crippen LogP contribution in [-0.4, -0.2) is 9.97 Å². The van der Waals surface area contributed by atoms with Crippen molar-refractivity contribution >= 4 is 26.8 Å². The minimum Gasteiger partial charge on any atom is -0.325 e. The molecule has 2 rings (SSSR count). The number of nitrogens with zero attached hydrogens (tertiary/aromatic N) is 2. The van der Waals surface area contributed by atoms with E-state index in [0.29, 0.717) is 6.54 Å². The number of benzene rings is 1. The molecule has 1 aromatic heterocycles. The molecule has 0 radical (unpaired) electrons. The maximum atomic E-state index is 5.56. The molecule has 0 bridgehead atoms. The van der Waals surface area contributed by atoms with Gasteiger partial charge in [0.25, 0.3) is 0 Å². The average molecular weight is 238 g/mol. The molecule has 0 aliphatic rings. The summed E-state index contributed by atoms with van der Waals surface area (Å²) in [5, 5.41) is 1.01. The van der Waals surface area contributed by atoms with Gasteiger partial charge in [-0.15, -0.1) is 0 Å². The van der Waals surface area contributed by atoms with Gasteiger partial charge >= 0.3 is 0 Å². The Morgan fingerprint density at radius 2 is 2.15 bits per heavy atom. The van der Waals surface area contributed by atoms with Crippen LogP contribution in [0.4, 0.5) is 0 Å². The molecule has 13 heavy (non-hydrogen) atoms. The monoisotopic (exact) mass is 237 g/mol. The molecule has 0 atom stereocenters. The van der Waals surface area contributed by atoms with Crippen molar-refractivity contribution in [3.63, 3.8) is 0 Å². The molecule has 0 fully saturated rings. The van der Waals surface area contributed by atoms with E-state index in [4.69, 9.17) is 5.73 Å². The molecule has 1 heterocycles. The highest BCUT2D eigenvalue weighted by Gasteiger charge is 2.03. The summed E-state index contributed by atoms with van der Waals surface area (Å²) in [7, 11) is 0. The number of hydrogen-bond donors (Lipinski definition) is 1. The van der Waals surface area contributed by atoms with Crippen LogP contribution in [0.15, 0.2) is 29.0 Å². The Bertz CT molecular complexity index is 442. The molecule has 2 N–H and O–H groups in total. The summed E-state index contributed by atoms with van der Waals surface area (Å²) in [6, 6.07) is 5.88. The summed E-state index contributed by atoms with van der Waals surface area (Å²) >= 11 is 3.43. The normalized spacial score (nSPS) is 10.6. The third-order valence-electron chi connectivity index (χ3n) is 1.89. The van der Waals surface area contributed by atoms with Gasteiger partial charge in [-0.25, -0.2) is 9.97 Å². The Hall–Kier alpha value is -1.00. The zero-order valence-electron chi connectivity index (χ0n) is 6.87. The molecular formula is C9H8BrN3. The van der Waals surface area contributed by atoms with Gasteiger partial charge in [0.2, 0.25) is 0 Å². The van der Waals surface area contributed by atoms with Crippen molar-refractivity contribution in [2.75, 3.05) is 0 Å². The molecule has 3 nitrogen and oxygen atoms in total. The Balaban J connectivity index is 2.84. The number of halogens is 1. The van der Waals surface area contributed by atoms with Crippen LogP contribution in [0.2, 0.25) is 0 Å². The van der Waals surface area contributed by atoms with Gasteiger partial charge in [0, 0.05) is 16.4 Å². The lowest BCUT2D eigenvalue weighted by atomic mass is 10.2. The third-order valence-corrected chi connectivity index (χ3v) is 2.53. The Morgan fingerprint density at radius 3 is 2.92 bits per heavy atom. The fourth-order valence-corrected chi connectivity index (χ4v) is 1.74. The average Bonchev–Trinajstić information content (AvgIpc) is 2.18. The van der Waals surface area contributed by atoms with E-state index >= 15 is 0 Å². The number of fused-ring (bicyclic) bond motifs is 1. The molecule has 0 saturated carbocycles. The molecule has 4 heteroatoms. The van der Waals surface area contributed by atoms with Crippen molar-refractivity contribution in [2.45, 2.75) is 6.54 Å². The Kier molecular flexibility index (Phi) is 2.24. The maximum absolute atomic E-state index is 5.56. The highest BCUT2D eigenvalue weighted by molar-refractivity contribution is 9.10. The number of rotatable bonds is 1. The summed E-state index contributed by atoms with van der Waals surface area (Å²) < 4.78 is 0.974. The molecule has 0 unspecified atom stereocenters. The van der Waals surface area contributed by atoms with Crippen LogP contribution in [-0.2, 0) is 6.54 Å². The van der Waals surface area contributed by atoms with E-state index in [9.17, 15) is 0 Å². The first-order valence-corrected chi connectivity index (χ1v) is 4.70. The van der Waals surface area contributed by atoms with Crippen molar-refractivity contribution in [3.8, 4) is 0 Å². The predicted octanol–water partition coefficient (Wildman–Crippen LogP) is 1.85. The lowest BCUT2D eigenvalue weighted by Crippen LogP contribution is -2.01. The van der Waals surface area contributed by atoms with Crippen LogP contribution in [0.25, 0.3) is 10.9 Å². The maximum Gasteiger partial charge on any atom is 0.116 e. The number of hydrogen-bond acceptors (Lipinski definition) is 3. The van der Waals surface area contributed by atoms with Gasteiger partial charge in [0.15, 0.2) is 0 Å². The fourth-order valence-electron chi connectivity index (χ4n) is 1.27. The molecule has 0 saturated heterocycles. The van der Waals surface area contributed by atoms with Crippen LogP contribution in [0.5, 0.6) is 0 Å². The molecular weight excluding hydrogens is 230 g/mol. The van der Waals surface area contributed by atoms with Crippen molar-refractivity contribution in [1.29, 1.82) is 0 Å². The first-order chi connectivity index (χ1) is 6.33. The van der Waals surface area contributed by atoms with Crippen LogP contribution in [0.3, 0.4) is 0 Å². The number of para-hydroxylation sites is 1. The zero-order valence-corrected chi connectivity index (χ0v) is 8.45. The molecule has 0 aliphatic carbocycles. The molecule has 2 aromatic rings. The Labute approximate surface area is 84.1 Å². The van der Waals surface area contributed by atoms with E-state index in [1.807, 2.05) is 18.2 Å². The molecule has 0 amide bonds. The second-order valence-corrected chi connectivity index (χ2v) is 3.51. The lowest BCUT2D eigenvalue weighted by molar-refractivity contribution is 0.990. The highest BCUT2D eigenvalue weighted by atomic mass is 79.9. The second kappa shape index (κ2) is 3.40. The topological polar surface area (TPSA) is 51.8 Å². The largest absolute Gasteiger partial charge is 0.325 e. The van der Waals surface area contributed by atoms with Gasteiger partial charge in [-0.3, -0.25) is 0 Å².